The van der Waals surface area contributed by atoms with E-state index in [0.717, 1.165) is 30.8 Å². The van der Waals surface area contributed by atoms with Gasteiger partial charge in [-0.1, -0.05) is 18.2 Å². The van der Waals surface area contributed by atoms with E-state index in [1.807, 2.05) is 31.2 Å². The van der Waals surface area contributed by atoms with Crippen LogP contribution in [0.3, 0.4) is 0 Å². The van der Waals surface area contributed by atoms with Crippen LogP contribution < -0.4 is 10.6 Å². The molecule has 1 saturated heterocycles. The van der Waals surface area contributed by atoms with Crippen LogP contribution in [-0.4, -0.2) is 19.0 Å². The summed E-state index contributed by atoms with van der Waals surface area (Å²) in [5.74, 6) is 0.733. The zero-order valence-corrected chi connectivity index (χ0v) is 11.0. The maximum Gasteiger partial charge on any atom is 0.224 e. The number of nitrogens with one attached hydrogen (secondary N) is 1. The van der Waals surface area contributed by atoms with Gasteiger partial charge in [0.15, 0.2) is 0 Å². The molecule has 2 rings (SSSR count). The van der Waals surface area contributed by atoms with E-state index in [-0.39, 0.29) is 5.91 Å². The summed E-state index contributed by atoms with van der Waals surface area (Å²) < 4.78 is 0. The van der Waals surface area contributed by atoms with Gasteiger partial charge in [-0.3, -0.25) is 4.79 Å². The lowest BCUT2D eigenvalue weighted by atomic mass is 9.94. The van der Waals surface area contributed by atoms with Crippen LogP contribution in [0.2, 0.25) is 0 Å². The maximum absolute atomic E-state index is 11.9. The molecule has 1 atom stereocenters. The molecule has 1 aromatic carbocycles. The van der Waals surface area contributed by atoms with Crippen molar-refractivity contribution in [1.82, 2.24) is 5.32 Å². The summed E-state index contributed by atoms with van der Waals surface area (Å²) in [6.07, 6.45) is 3.97. The molecule has 1 aromatic rings. The fourth-order valence-corrected chi connectivity index (χ4v) is 2.35. The average Bonchev–Trinajstić information content (AvgIpc) is 2.40. The lowest BCUT2D eigenvalue weighted by Crippen LogP contribution is -2.25. The summed E-state index contributed by atoms with van der Waals surface area (Å²) >= 11 is 0. The Balaban J connectivity index is 1.76. The van der Waals surface area contributed by atoms with E-state index >= 15 is 0 Å². The number of amides is 1. The molecule has 3 heteroatoms. The van der Waals surface area contributed by atoms with Gasteiger partial charge in [0.2, 0.25) is 5.91 Å². The fourth-order valence-electron chi connectivity index (χ4n) is 2.35. The number of para-hydroxylation sites is 1. The SMILES string of the molecule is Cc1ccccc1NC(=O)CCC1CCC[N]C1. The summed E-state index contributed by atoms with van der Waals surface area (Å²) in [7, 11) is 0. The molecule has 1 aliphatic heterocycles. The Bertz CT molecular complexity index is 397. The fraction of sp³-hybridized carbons (Fsp3) is 0.533. The number of benzene rings is 1. The van der Waals surface area contributed by atoms with Gasteiger partial charge in [-0.2, -0.15) is 0 Å². The van der Waals surface area contributed by atoms with Crippen LogP contribution in [0.5, 0.6) is 0 Å². The monoisotopic (exact) mass is 245 g/mol. The predicted octanol–water partition coefficient (Wildman–Crippen LogP) is 2.73. The van der Waals surface area contributed by atoms with E-state index in [0.29, 0.717) is 12.3 Å². The highest BCUT2D eigenvalue weighted by atomic mass is 16.1. The van der Waals surface area contributed by atoms with Gasteiger partial charge in [-0.05, 0) is 43.7 Å². The smallest absolute Gasteiger partial charge is 0.224 e. The van der Waals surface area contributed by atoms with Crippen LogP contribution >= 0.6 is 0 Å². The van der Waals surface area contributed by atoms with Gasteiger partial charge in [0, 0.05) is 25.2 Å². The molecule has 1 amide bonds. The van der Waals surface area contributed by atoms with Gasteiger partial charge in [0.25, 0.3) is 0 Å². The average molecular weight is 245 g/mol. The van der Waals surface area contributed by atoms with Crippen molar-refractivity contribution in [2.75, 3.05) is 18.4 Å². The van der Waals surface area contributed by atoms with Gasteiger partial charge in [-0.15, -0.1) is 0 Å². The number of aryl methyl sites for hydroxylation is 1. The molecular weight excluding hydrogens is 224 g/mol. The van der Waals surface area contributed by atoms with E-state index in [2.05, 4.69) is 10.6 Å². The number of rotatable bonds is 4. The van der Waals surface area contributed by atoms with Crippen molar-refractivity contribution in [2.24, 2.45) is 5.92 Å². The van der Waals surface area contributed by atoms with Gasteiger partial charge in [0.05, 0.1) is 0 Å². The normalized spacial score (nSPS) is 19.5. The molecule has 0 aliphatic carbocycles. The summed E-state index contributed by atoms with van der Waals surface area (Å²) in [5.41, 5.74) is 2.04. The third kappa shape index (κ3) is 3.84. The second-order valence-corrected chi connectivity index (χ2v) is 5.04. The Kier molecular flexibility index (Phi) is 4.76. The number of piperidine rings is 1. The van der Waals surface area contributed by atoms with Crippen LogP contribution in [-0.2, 0) is 4.79 Å². The van der Waals surface area contributed by atoms with Crippen LogP contribution in [0, 0.1) is 12.8 Å². The molecule has 0 bridgehead atoms. The number of hydrogen-bond acceptors (Lipinski definition) is 1. The first-order valence-corrected chi connectivity index (χ1v) is 6.74. The second-order valence-electron chi connectivity index (χ2n) is 5.04. The van der Waals surface area contributed by atoms with Crippen molar-refractivity contribution >= 4 is 11.6 Å². The van der Waals surface area contributed by atoms with E-state index < -0.39 is 0 Å². The highest BCUT2D eigenvalue weighted by molar-refractivity contribution is 5.91. The highest BCUT2D eigenvalue weighted by Gasteiger charge is 2.15. The number of nitrogens with zero attached hydrogens (tertiary/aromatic N) is 1. The van der Waals surface area contributed by atoms with Crippen LogP contribution in [0.25, 0.3) is 0 Å². The number of carbonyl (C=O) groups is 1. The van der Waals surface area contributed by atoms with Gasteiger partial charge >= 0.3 is 0 Å². The molecule has 1 aliphatic rings. The van der Waals surface area contributed by atoms with Crippen LogP contribution in [0.4, 0.5) is 5.69 Å². The van der Waals surface area contributed by atoms with Crippen LogP contribution in [0.15, 0.2) is 24.3 Å². The third-order valence-electron chi connectivity index (χ3n) is 3.51. The van der Waals surface area contributed by atoms with Gasteiger partial charge < -0.3 is 5.32 Å². The Morgan fingerprint density at radius 3 is 3.00 bits per heavy atom. The molecule has 1 unspecified atom stereocenters. The van der Waals surface area contributed by atoms with Crippen molar-refractivity contribution in [3.63, 3.8) is 0 Å². The summed E-state index contributed by atoms with van der Waals surface area (Å²) in [5, 5.41) is 7.38. The molecular formula is C15H21N2O. The van der Waals surface area contributed by atoms with Crippen LogP contribution in [0.1, 0.15) is 31.2 Å². The number of carbonyl (C=O) groups excluding carboxylic acids is 1. The maximum atomic E-state index is 11.9. The largest absolute Gasteiger partial charge is 0.326 e. The highest BCUT2D eigenvalue weighted by Crippen LogP contribution is 2.18. The summed E-state index contributed by atoms with van der Waals surface area (Å²) in [6, 6.07) is 7.88. The minimum absolute atomic E-state index is 0.120. The Labute approximate surface area is 109 Å². The molecule has 0 aromatic heterocycles. The van der Waals surface area contributed by atoms with Crippen molar-refractivity contribution in [1.29, 1.82) is 0 Å². The molecule has 97 valence electrons. The number of hydrogen-bond donors (Lipinski definition) is 1. The molecule has 18 heavy (non-hydrogen) atoms. The minimum atomic E-state index is 0.120. The lowest BCUT2D eigenvalue weighted by molar-refractivity contribution is -0.116. The zero-order chi connectivity index (χ0) is 12.8. The minimum Gasteiger partial charge on any atom is -0.326 e. The standard InChI is InChI=1S/C15H21N2O/c1-12-5-2-3-7-14(12)17-15(18)9-8-13-6-4-10-16-11-13/h2-3,5,7,13H,4,6,8-11H2,1H3,(H,17,18). The van der Waals surface area contributed by atoms with E-state index in [1.165, 1.54) is 12.8 Å². The molecule has 1 fully saturated rings. The van der Waals surface area contributed by atoms with E-state index in [9.17, 15) is 4.79 Å². The Morgan fingerprint density at radius 1 is 1.44 bits per heavy atom. The quantitative estimate of drug-likeness (QED) is 0.870. The molecule has 0 saturated carbocycles. The molecule has 0 spiro atoms. The van der Waals surface area contributed by atoms with Gasteiger partial charge in [-0.25, -0.2) is 5.32 Å². The number of anilines is 1. The summed E-state index contributed by atoms with van der Waals surface area (Å²) in [6.45, 7) is 3.96. The van der Waals surface area contributed by atoms with Crippen molar-refractivity contribution < 1.29 is 4.79 Å². The topological polar surface area (TPSA) is 43.2 Å². The molecule has 1 N–H and O–H groups in total. The molecule has 3 nitrogen and oxygen atoms in total. The van der Waals surface area contributed by atoms with Crippen molar-refractivity contribution in [3.05, 3.63) is 29.8 Å². The predicted molar refractivity (Wildman–Crippen MR) is 73.6 cm³/mol. The van der Waals surface area contributed by atoms with E-state index in [1.54, 1.807) is 0 Å². The first-order chi connectivity index (χ1) is 8.75. The Morgan fingerprint density at radius 2 is 2.28 bits per heavy atom. The molecule has 1 radical (unpaired) electrons. The zero-order valence-electron chi connectivity index (χ0n) is 11.0. The second kappa shape index (κ2) is 6.55. The first kappa shape index (κ1) is 13.1. The lowest BCUT2D eigenvalue weighted by Gasteiger charge is -2.21. The molecule has 1 heterocycles. The third-order valence-corrected chi connectivity index (χ3v) is 3.51. The van der Waals surface area contributed by atoms with E-state index in [4.69, 9.17) is 0 Å². The van der Waals surface area contributed by atoms with Crippen molar-refractivity contribution in [3.8, 4) is 0 Å². The van der Waals surface area contributed by atoms with Gasteiger partial charge in [0.1, 0.15) is 0 Å². The summed E-state index contributed by atoms with van der Waals surface area (Å²) in [4.78, 5) is 11.9. The first-order valence-electron chi connectivity index (χ1n) is 6.74. The Hall–Kier alpha value is -1.35. The van der Waals surface area contributed by atoms with Crippen molar-refractivity contribution in [2.45, 2.75) is 32.6 Å².